The minimum absolute atomic E-state index is 0.359. The lowest BCUT2D eigenvalue weighted by atomic mass is 9.96. The molecule has 0 radical (unpaired) electrons. The van der Waals surface area contributed by atoms with Crippen LogP contribution in [0.15, 0.2) is 22.7 Å². The van der Waals surface area contributed by atoms with Crippen LogP contribution in [0.2, 0.25) is 0 Å². The Kier molecular flexibility index (Phi) is 4.75. The Bertz CT molecular complexity index is 496. The number of methoxy groups -OCH3 is 1. The number of halogens is 1. The van der Waals surface area contributed by atoms with Crippen LogP contribution < -0.4 is 10.1 Å². The zero-order valence-electron chi connectivity index (χ0n) is 14.1. The predicted molar refractivity (Wildman–Crippen MR) is 92.8 cm³/mol. The summed E-state index contributed by atoms with van der Waals surface area (Å²) in [5, 5.41) is 3.77. The fourth-order valence-electron chi connectivity index (χ4n) is 3.68. The molecular weight excluding hydrogens is 326 g/mol. The molecule has 0 bridgehead atoms. The molecular formula is C18H28BrNO. The van der Waals surface area contributed by atoms with Crippen LogP contribution in [0.5, 0.6) is 5.75 Å². The number of rotatable bonds is 6. The van der Waals surface area contributed by atoms with Gasteiger partial charge in [0.15, 0.2) is 0 Å². The molecule has 1 fully saturated rings. The molecule has 1 saturated carbocycles. The number of hydrogen-bond acceptors (Lipinski definition) is 2. The van der Waals surface area contributed by atoms with Gasteiger partial charge in [-0.2, -0.15) is 0 Å². The Morgan fingerprint density at radius 1 is 1.24 bits per heavy atom. The topological polar surface area (TPSA) is 21.3 Å². The molecule has 1 N–H and O–H groups in total. The summed E-state index contributed by atoms with van der Waals surface area (Å²) in [6.45, 7) is 12.8. The summed E-state index contributed by atoms with van der Waals surface area (Å²) in [4.78, 5) is 0. The first-order valence-corrected chi connectivity index (χ1v) is 8.63. The van der Waals surface area contributed by atoms with E-state index < -0.39 is 0 Å². The van der Waals surface area contributed by atoms with Crippen LogP contribution >= 0.6 is 15.9 Å². The molecule has 1 aliphatic carbocycles. The van der Waals surface area contributed by atoms with Gasteiger partial charge < -0.3 is 10.1 Å². The van der Waals surface area contributed by atoms with Crippen molar-refractivity contribution in [2.75, 3.05) is 13.7 Å². The fourth-order valence-corrected chi connectivity index (χ4v) is 4.28. The third-order valence-electron chi connectivity index (χ3n) is 5.62. The summed E-state index contributed by atoms with van der Waals surface area (Å²) >= 11 is 3.73. The SMILES string of the molecule is CCCNC(c1ccc(OC)cc1Br)C1C(C)(C)C1(C)C. The lowest BCUT2D eigenvalue weighted by Crippen LogP contribution is -2.26. The Hall–Kier alpha value is -0.540. The van der Waals surface area contributed by atoms with Crippen molar-refractivity contribution in [3.05, 3.63) is 28.2 Å². The minimum Gasteiger partial charge on any atom is -0.497 e. The third kappa shape index (κ3) is 2.87. The zero-order valence-corrected chi connectivity index (χ0v) is 15.7. The molecule has 0 heterocycles. The first-order chi connectivity index (χ1) is 9.77. The van der Waals surface area contributed by atoms with Gasteiger partial charge in [0.25, 0.3) is 0 Å². The van der Waals surface area contributed by atoms with Crippen molar-refractivity contribution < 1.29 is 4.74 Å². The number of nitrogens with one attached hydrogen (secondary N) is 1. The number of benzene rings is 1. The van der Waals surface area contributed by atoms with Gasteiger partial charge in [-0.3, -0.25) is 0 Å². The monoisotopic (exact) mass is 353 g/mol. The van der Waals surface area contributed by atoms with E-state index in [-0.39, 0.29) is 0 Å². The Balaban J connectivity index is 2.34. The van der Waals surface area contributed by atoms with Gasteiger partial charge in [0, 0.05) is 10.5 Å². The van der Waals surface area contributed by atoms with E-state index in [9.17, 15) is 0 Å². The number of ether oxygens (including phenoxy) is 1. The summed E-state index contributed by atoms with van der Waals surface area (Å²) in [7, 11) is 1.71. The minimum atomic E-state index is 0.359. The maximum absolute atomic E-state index is 5.32. The predicted octanol–water partition coefficient (Wildman–Crippen LogP) is 5.18. The summed E-state index contributed by atoms with van der Waals surface area (Å²) in [6.07, 6.45) is 1.15. The maximum Gasteiger partial charge on any atom is 0.120 e. The quantitative estimate of drug-likeness (QED) is 0.760. The van der Waals surface area contributed by atoms with Gasteiger partial charge >= 0.3 is 0 Å². The molecule has 118 valence electrons. The molecule has 0 aromatic heterocycles. The molecule has 0 spiro atoms. The second-order valence-corrected chi connectivity index (χ2v) is 8.09. The first kappa shape index (κ1) is 16.8. The van der Waals surface area contributed by atoms with E-state index in [1.807, 2.05) is 0 Å². The van der Waals surface area contributed by atoms with Crippen LogP contribution in [0.4, 0.5) is 0 Å². The van der Waals surface area contributed by atoms with Crippen molar-refractivity contribution in [3.8, 4) is 5.75 Å². The van der Waals surface area contributed by atoms with E-state index in [2.05, 4.69) is 74.1 Å². The highest BCUT2D eigenvalue weighted by Crippen LogP contribution is 2.72. The third-order valence-corrected chi connectivity index (χ3v) is 6.31. The Labute approximate surface area is 137 Å². The highest BCUT2D eigenvalue weighted by Gasteiger charge is 2.67. The van der Waals surface area contributed by atoms with Gasteiger partial charge in [-0.15, -0.1) is 0 Å². The van der Waals surface area contributed by atoms with Gasteiger partial charge in [0.05, 0.1) is 7.11 Å². The van der Waals surface area contributed by atoms with Crippen molar-refractivity contribution in [3.63, 3.8) is 0 Å². The van der Waals surface area contributed by atoms with Crippen molar-refractivity contribution in [1.82, 2.24) is 5.32 Å². The molecule has 21 heavy (non-hydrogen) atoms. The molecule has 1 atom stereocenters. The van der Waals surface area contributed by atoms with Gasteiger partial charge in [-0.1, -0.05) is 56.6 Å². The van der Waals surface area contributed by atoms with E-state index in [1.165, 1.54) is 5.56 Å². The molecule has 1 aromatic rings. The van der Waals surface area contributed by atoms with Crippen LogP contribution in [0.25, 0.3) is 0 Å². The van der Waals surface area contributed by atoms with Gasteiger partial charge in [0.1, 0.15) is 5.75 Å². The van der Waals surface area contributed by atoms with Gasteiger partial charge in [-0.05, 0) is 47.4 Å². The van der Waals surface area contributed by atoms with Crippen molar-refractivity contribution in [2.24, 2.45) is 16.7 Å². The fraction of sp³-hybridized carbons (Fsp3) is 0.667. The van der Waals surface area contributed by atoms with Crippen LogP contribution in [-0.4, -0.2) is 13.7 Å². The van der Waals surface area contributed by atoms with Crippen LogP contribution in [-0.2, 0) is 0 Å². The second-order valence-electron chi connectivity index (χ2n) is 7.24. The Morgan fingerprint density at radius 3 is 2.29 bits per heavy atom. The van der Waals surface area contributed by atoms with E-state index in [0.29, 0.717) is 22.8 Å². The van der Waals surface area contributed by atoms with E-state index in [4.69, 9.17) is 4.74 Å². The lowest BCUT2D eigenvalue weighted by Gasteiger charge is -2.23. The number of hydrogen-bond donors (Lipinski definition) is 1. The highest BCUT2D eigenvalue weighted by atomic mass is 79.9. The molecule has 1 aliphatic rings. The average Bonchev–Trinajstić information content (AvgIpc) is 2.82. The molecule has 0 amide bonds. The molecule has 0 aliphatic heterocycles. The second kappa shape index (κ2) is 5.92. The van der Waals surface area contributed by atoms with E-state index in [0.717, 1.165) is 23.2 Å². The Morgan fingerprint density at radius 2 is 1.86 bits per heavy atom. The molecule has 3 heteroatoms. The largest absolute Gasteiger partial charge is 0.497 e. The summed E-state index contributed by atoms with van der Waals surface area (Å²) in [6, 6.07) is 6.71. The molecule has 1 aromatic carbocycles. The maximum atomic E-state index is 5.32. The zero-order chi connectivity index (χ0) is 15.8. The molecule has 0 saturated heterocycles. The van der Waals surface area contributed by atoms with E-state index >= 15 is 0 Å². The highest BCUT2D eigenvalue weighted by molar-refractivity contribution is 9.10. The van der Waals surface area contributed by atoms with Crippen molar-refractivity contribution in [1.29, 1.82) is 0 Å². The molecule has 2 rings (SSSR count). The lowest BCUT2D eigenvalue weighted by molar-refractivity contribution is 0.403. The van der Waals surface area contributed by atoms with Crippen LogP contribution in [0.1, 0.15) is 52.6 Å². The molecule has 1 unspecified atom stereocenters. The summed E-state index contributed by atoms with van der Waals surface area (Å²) < 4.78 is 6.45. The summed E-state index contributed by atoms with van der Waals surface area (Å²) in [5.41, 5.74) is 2.06. The standard InChI is InChI=1S/C18H28BrNO/c1-7-10-20-15(16-17(2,3)18(16,4)5)13-9-8-12(21-6)11-14(13)19/h8-9,11,15-16,20H,7,10H2,1-6H3. The van der Waals surface area contributed by atoms with Crippen molar-refractivity contribution >= 4 is 15.9 Å². The first-order valence-electron chi connectivity index (χ1n) is 7.84. The van der Waals surface area contributed by atoms with Gasteiger partial charge in [-0.25, -0.2) is 0 Å². The normalized spacial score (nSPS) is 21.1. The van der Waals surface area contributed by atoms with E-state index in [1.54, 1.807) is 7.11 Å². The van der Waals surface area contributed by atoms with Gasteiger partial charge in [0.2, 0.25) is 0 Å². The van der Waals surface area contributed by atoms with Crippen LogP contribution in [0.3, 0.4) is 0 Å². The molecule has 2 nitrogen and oxygen atoms in total. The summed E-state index contributed by atoms with van der Waals surface area (Å²) in [5.74, 6) is 1.54. The van der Waals surface area contributed by atoms with Crippen molar-refractivity contribution in [2.45, 2.75) is 47.1 Å². The van der Waals surface area contributed by atoms with Crippen LogP contribution in [0, 0.1) is 16.7 Å². The smallest absolute Gasteiger partial charge is 0.120 e. The average molecular weight is 354 g/mol.